The van der Waals surface area contributed by atoms with E-state index in [9.17, 15) is 17.6 Å². The highest BCUT2D eigenvalue weighted by atomic mass is 32.2. The minimum Gasteiger partial charge on any atom is -0.397 e. The maximum Gasteiger partial charge on any atom is 0.225 e. The zero-order valence-electron chi connectivity index (χ0n) is 11.7. The number of anilines is 2. The van der Waals surface area contributed by atoms with Gasteiger partial charge >= 0.3 is 0 Å². The number of nitrogens with two attached hydrogens (primary N) is 1. The number of sulfone groups is 1. The van der Waals surface area contributed by atoms with Crippen LogP contribution in [-0.2, 0) is 14.6 Å². The highest BCUT2D eigenvalue weighted by Crippen LogP contribution is 2.20. The van der Waals surface area contributed by atoms with E-state index in [0.717, 1.165) is 12.1 Å². The molecule has 0 spiro atoms. The lowest BCUT2D eigenvalue weighted by molar-refractivity contribution is -0.115. The topological polar surface area (TPSA) is 89.3 Å². The largest absolute Gasteiger partial charge is 0.397 e. The molecule has 1 rings (SSSR count). The van der Waals surface area contributed by atoms with E-state index in [0.29, 0.717) is 0 Å². The van der Waals surface area contributed by atoms with Crippen molar-refractivity contribution in [2.75, 3.05) is 16.8 Å². The molecule has 0 radical (unpaired) electrons. The van der Waals surface area contributed by atoms with Crippen molar-refractivity contribution in [3.63, 3.8) is 0 Å². The average Bonchev–Trinajstić information content (AvgIpc) is 2.29. The smallest absolute Gasteiger partial charge is 0.225 e. The van der Waals surface area contributed by atoms with Crippen LogP contribution in [0.15, 0.2) is 18.2 Å². The number of carbonyl (C=O) groups excluding carboxylic acids is 1. The third-order valence-corrected chi connectivity index (χ3v) is 5.43. The van der Waals surface area contributed by atoms with Crippen LogP contribution in [0.2, 0.25) is 0 Å². The normalized spacial score (nSPS) is 12.2. The van der Waals surface area contributed by atoms with Gasteiger partial charge in [0.15, 0.2) is 9.84 Å². The minimum atomic E-state index is -3.35. The van der Waals surface area contributed by atoms with Gasteiger partial charge in [0, 0.05) is 6.42 Å². The summed E-state index contributed by atoms with van der Waals surface area (Å²) in [4.78, 5) is 11.7. The number of halogens is 1. The third-order valence-electron chi connectivity index (χ3n) is 2.82. The second kappa shape index (κ2) is 5.78. The molecule has 0 aromatic heterocycles. The predicted octanol–water partition coefficient (Wildman–Crippen LogP) is 1.95. The van der Waals surface area contributed by atoms with Gasteiger partial charge in [-0.05, 0) is 39.0 Å². The molecule has 0 heterocycles. The molecule has 112 valence electrons. The van der Waals surface area contributed by atoms with Crippen molar-refractivity contribution in [1.29, 1.82) is 0 Å². The maximum absolute atomic E-state index is 12.8. The third kappa shape index (κ3) is 4.19. The highest BCUT2D eigenvalue weighted by molar-refractivity contribution is 7.92. The van der Waals surface area contributed by atoms with Crippen LogP contribution in [0.1, 0.15) is 27.2 Å². The molecule has 7 heteroatoms. The lowest BCUT2D eigenvalue weighted by Gasteiger charge is -2.18. The molecule has 1 aromatic rings. The van der Waals surface area contributed by atoms with Gasteiger partial charge in [0.1, 0.15) is 5.82 Å². The molecular formula is C13H19FN2O3S. The Bertz CT molecular complexity index is 607. The van der Waals surface area contributed by atoms with E-state index in [1.54, 1.807) is 20.8 Å². The molecular weight excluding hydrogens is 283 g/mol. The molecule has 0 saturated heterocycles. The zero-order valence-corrected chi connectivity index (χ0v) is 12.6. The highest BCUT2D eigenvalue weighted by Gasteiger charge is 2.29. The van der Waals surface area contributed by atoms with Crippen LogP contribution in [0.4, 0.5) is 15.8 Å². The zero-order chi connectivity index (χ0) is 15.6. The number of nitrogens with one attached hydrogen (secondary N) is 1. The van der Waals surface area contributed by atoms with E-state index < -0.39 is 26.3 Å². The summed E-state index contributed by atoms with van der Waals surface area (Å²) in [6.07, 6.45) is -0.170. The fourth-order valence-corrected chi connectivity index (χ4v) is 2.46. The molecule has 0 bridgehead atoms. The number of amides is 1. The van der Waals surface area contributed by atoms with Gasteiger partial charge in [-0.3, -0.25) is 4.79 Å². The minimum absolute atomic E-state index is 0.0945. The summed E-state index contributed by atoms with van der Waals surface area (Å²) in [5.41, 5.74) is 5.91. The summed E-state index contributed by atoms with van der Waals surface area (Å²) in [6.45, 7) is 4.74. The lowest BCUT2D eigenvalue weighted by Crippen LogP contribution is -2.32. The van der Waals surface area contributed by atoms with Crippen molar-refractivity contribution < 1.29 is 17.6 Å². The van der Waals surface area contributed by atoms with Gasteiger partial charge in [0.05, 0.1) is 21.9 Å². The molecule has 0 fully saturated rings. The van der Waals surface area contributed by atoms with Crippen LogP contribution in [-0.4, -0.2) is 24.8 Å². The van der Waals surface area contributed by atoms with E-state index in [4.69, 9.17) is 5.73 Å². The van der Waals surface area contributed by atoms with Crippen molar-refractivity contribution in [1.82, 2.24) is 0 Å². The fraction of sp³-hybridized carbons (Fsp3) is 0.462. The number of hydrogen-bond acceptors (Lipinski definition) is 4. The summed E-state index contributed by atoms with van der Waals surface area (Å²) in [5.74, 6) is -1.23. The number of nitrogen functional groups attached to an aromatic ring is 1. The van der Waals surface area contributed by atoms with Crippen molar-refractivity contribution in [2.24, 2.45) is 0 Å². The van der Waals surface area contributed by atoms with Crippen LogP contribution in [0, 0.1) is 5.82 Å². The van der Waals surface area contributed by atoms with E-state index in [1.807, 2.05) is 0 Å². The van der Waals surface area contributed by atoms with Gasteiger partial charge in [-0.25, -0.2) is 12.8 Å². The molecule has 0 saturated carbocycles. The van der Waals surface area contributed by atoms with Gasteiger partial charge in [0.25, 0.3) is 0 Å². The monoisotopic (exact) mass is 302 g/mol. The Morgan fingerprint density at radius 2 is 1.95 bits per heavy atom. The first kappa shape index (κ1) is 16.4. The molecule has 0 aliphatic heterocycles. The van der Waals surface area contributed by atoms with Crippen LogP contribution >= 0.6 is 0 Å². The summed E-state index contributed by atoms with van der Waals surface area (Å²) in [7, 11) is -3.35. The summed E-state index contributed by atoms with van der Waals surface area (Å²) in [6, 6.07) is 3.58. The number of carbonyl (C=O) groups is 1. The molecule has 3 N–H and O–H groups in total. The van der Waals surface area contributed by atoms with E-state index in [-0.39, 0.29) is 23.5 Å². The van der Waals surface area contributed by atoms with E-state index in [1.165, 1.54) is 6.07 Å². The molecule has 5 nitrogen and oxygen atoms in total. The second-order valence-corrected chi connectivity index (χ2v) is 8.32. The average molecular weight is 302 g/mol. The molecule has 1 aromatic carbocycles. The van der Waals surface area contributed by atoms with Gasteiger partial charge in [0.2, 0.25) is 5.91 Å². The van der Waals surface area contributed by atoms with Crippen LogP contribution in [0.3, 0.4) is 0 Å². The first-order chi connectivity index (χ1) is 9.03. The fourth-order valence-electron chi connectivity index (χ4n) is 1.39. The molecule has 0 aliphatic rings. The summed E-state index contributed by atoms with van der Waals surface area (Å²) >= 11 is 0. The van der Waals surface area contributed by atoms with Crippen molar-refractivity contribution in [3.05, 3.63) is 24.0 Å². The Hall–Kier alpha value is -1.63. The van der Waals surface area contributed by atoms with Gasteiger partial charge in [-0.2, -0.15) is 0 Å². The van der Waals surface area contributed by atoms with E-state index in [2.05, 4.69) is 5.32 Å². The molecule has 20 heavy (non-hydrogen) atoms. The Morgan fingerprint density at radius 3 is 2.45 bits per heavy atom. The standard InChI is InChI=1S/C13H19FN2O3S/c1-13(2,3)20(18,19)7-6-12(17)16-11-5-4-9(14)8-10(11)15/h4-5,8H,6-7,15H2,1-3H3,(H,16,17). The Morgan fingerprint density at radius 1 is 1.35 bits per heavy atom. The van der Waals surface area contributed by atoms with Crippen molar-refractivity contribution in [3.8, 4) is 0 Å². The lowest BCUT2D eigenvalue weighted by atomic mass is 10.2. The SMILES string of the molecule is CC(C)(C)S(=O)(=O)CCC(=O)Nc1ccc(F)cc1N. The molecule has 0 aliphatic carbocycles. The Labute approximate surface area is 118 Å². The molecule has 1 amide bonds. The van der Waals surface area contributed by atoms with E-state index >= 15 is 0 Å². The molecule has 0 atom stereocenters. The predicted molar refractivity (Wildman–Crippen MR) is 77.6 cm³/mol. The van der Waals surface area contributed by atoms with Crippen LogP contribution in [0.25, 0.3) is 0 Å². The Balaban J connectivity index is 2.66. The summed E-state index contributed by atoms with van der Waals surface area (Å²) in [5, 5.41) is 2.47. The summed E-state index contributed by atoms with van der Waals surface area (Å²) < 4.78 is 35.7. The maximum atomic E-state index is 12.8. The van der Waals surface area contributed by atoms with Crippen LogP contribution in [0.5, 0.6) is 0 Å². The van der Waals surface area contributed by atoms with Crippen molar-refractivity contribution in [2.45, 2.75) is 31.9 Å². The quantitative estimate of drug-likeness (QED) is 0.832. The number of hydrogen-bond donors (Lipinski definition) is 2. The number of rotatable bonds is 4. The second-order valence-electron chi connectivity index (χ2n) is 5.46. The van der Waals surface area contributed by atoms with Crippen molar-refractivity contribution >= 4 is 27.1 Å². The van der Waals surface area contributed by atoms with Crippen LogP contribution < -0.4 is 11.1 Å². The Kier molecular flexibility index (Phi) is 4.75. The first-order valence-corrected chi connectivity index (χ1v) is 7.75. The first-order valence-electron chi connectivity index (χ1n) is 6.10. The molecule has 0 unspecified atom stereocenters. The van der Waals surface area contributed by atoms with Gasteiger partial charge < -0.3 is 11.1 Å². The van der Waals surface area contributed by atoms with Gasteiger partial charge in [-0.15, -0.1) is 0 Å². The van der Waals surface area contributed by atoms with Gasteiger partial charge in [-0.1, -0.05) is 0 Å². The number of benzene rings is 1.